The van der Waals surface area contributed by atoms with Crippen molar-refractivity contribution < 1.29 is 20.1 Å². The maximum Gasteiger partial charge on any atom is 0.307 e. The van der Waals surface area contributed by atoms with Crippen LogP contribution in [0.2, 0.25) is 0 Å². The molecule has 0 fully saturated rings. The van der Waals surface area contributed by atoms with Crippen LogP contribution in [0.5, 0.6) is 5.75 Å². The number of phenols is 1. The highest BCUT2D eigenvalue weighted by atomic mass is 32.2. The zero-order valence-electron chi connectivity index (χ0n) is 20.0. The molecule has 3 rings (SSSR count). The minimum atomic E-state index is -0.862. The van der Waals surface area contributed by atoms with E-state index in [0.717, 1.165) is 16.4 Å². The van der Waals surface area contributed by atoms with Crippen LogP contribution in [0.3, 0.4) is 0 Å². The number of aromatic nitrogens is 1. The number of hydrogen-bond acceptors (Lipinski definition) is 6. The van der Waals surface area contributed by atoms with Gasteiger partial charge in [0.15, 0.2) is 0 Å². The number of aliphatic hydroxyl groups excluding tert-OH is 1. The quantitative estimate of drug-likeness (QED) is 0.311. The molecule has 0 amide bonds. The highest BCUT2D eigenvalue weighted by Gasteiger charge is 2.15. The minimum absolute atomic E-state index is 0.00954. The van der Waals surface area contributed by atoms with Gasteiger partial charge in [0.05, 0.1) is 18.0 Å². The van der Waals surface area contributed by atoms with E-state index in [2.05, 4.69) is 30.4 Å². The van der Waals surface area contributed by atoms with Crippen LogP contribution in [0.15, 0.2) is 53.3 Å². The van der Waals surface area contributed by atoms with Crippen molar-refractivity contribution in [2.75, 3.05) is 12.8 Å². The summed E-state index contributed by atoms with van der Waals surface area (Å²) in [5, 5.41) is 34.2. The largest absolute Gasteiger partial charge is 0.506 e. The average molecular weight is 487 g/mol. The monoisotopic (exact) mass is 486 g/mol. The number of nitrogens with one attached hydrogen (secondary N) is 2. The lowest BCUT2D eigenvalue weighted by molar-refractivity contribution is -0.136. The zero-order valence-corrected chi connectivity index (χ0v) is 20.9. The van der Waals surface area contributed by atoms with Gasteiger partial charge in [-0.15, -0.1) is 0 Å². The molecule has 184 valence electrons. The van der Waals surface area contributed by atoms with E-state index in [9.17, 15) is 19.8 Å². The Morgan fingerprint density at radius 2 is 1.76 bits per heavy atom. The molecule has 0 spiro atoms. The highest BCUT2D eigenvalue weighted by Crippen LogP contribution is 2.28. The SMILES string of the molecule is CC(Cc1cccc(CC(=O)O)c1)NCC(O)c1ccc(O)c2[nH]c(=O)ccc12.CSC(C)C. The molecule has 3 aromatic rings. The fraction of sp³-hybridized carbons (Fsp3) is 0.385. The first-order valence-corrected chi connectivity index (χ1v) is 12.5. The fourth-order valence-corrected chi connectivity index (χ4v) is 3.44. The van der Waals surface area contributed by atoms with Crippen molar-refractivity contribution >= 4 is 28.6 Å². The summed E-state index contributed by atoms with van der Waals surface area (Å²) in [6, 6.07) is 13.6. The Balaban J connectivity index is 0.000000739. The van der Waals surface area contributed by atoms with E-state index in [1.54, 1.807) is 18.2 Å². The Morgan fingerprint density at radius 3 is 2.41 bits per heavy atom. The lowest BCUT2D eigenvalue weighted by Crippen LogP contribution is -2.32. The molecule has 0 saturated carbocycles. The molecule has 0 aliphatic carbocycles. The number of carboxylic acids is 1. The van der Waals surface area contributed by atoms with Crippen molar-refractivity contribution in [1.82, 2.24) is 10.3 Å². The van der Waals surface area contributed by atoms with E-state index in [-0.39, 0.29) is 30.3 Å². The third-order valence-electron chi connectivity index (χ3n) is 5.29. The lowest BCUT2D eigenvalue weighted by Gasteiger charge is -2.19. The second kappa shape index (κ2) is 13.2. The number of carbonyl (C=O) groups is 1. The third-order valence-corrected chi connectivity index (χ3v) is 6.23. The maximum absolute atomic E-state index is 11.5. The van der Waals surface area contributed by atoms with Crippen molar-refractivity contribution in [2.24, 2.45) is 0 Å². The Morgan fingerprint density at radius 1 is 1.09 bits per heavy atom. The Bertz CT molecular complexity index is 1150. The highest BCUT2D eigenvalue weighted by molar-refractivity contribution is 7.99. The summed E-state index contributed by atoms with van der Waals surface area (Å²) >= 11 is 1.88. The third kappa shape index (κ3) is 8.52. The number of aliphatic carboxylic acids is 1. The van der Waals surface area contributed by atoms with E-state index in [1.807, 2.05) is 36.9 Å². The smallest absolute Gasteiger partial charge is 0.307 e. The number of H-pyrrole nitrogens is 1. The van der Waals surface area contributed by atoms with E-state index < -0.39 is 12.1 Å². The van der Waals surface area contributed by atoms with Crippen molar-refractivity contribution in [3.63, 3.8) is 0 Å². The van der Waals surface area contributed by atoms with Gasteiger partial charge in [0.2, 0.25) is 5.56 Å². The van der Waals surface area contributed by atoms with Gasteiger partial charge in [0.25, 0.3) is 0 Å². The molecule has 0 bridgehead atoms. The molecule has 34 heavy (non-hydrogen) atoms. The van der Waals surface area contributed by atoms with E-state index in [0.29, 0.717) is 22.9 Å². The van der Waals surface area contributed by atoms with Gasteiger partial charge in [-0.2, -0.15) is 11.8 Å². The van der Waals surface area contributed by atoms with Gasteiger partial charge in [-0.05, 0) is 53.7 Å². The Labute approximate surface area is 204 Å². The van der Waals surface area contributed by atoms with E-state index in [4.69, 9.17) is 5.11 Å². The number of pyridine rings is 1. The van der Waals surface area contributed by atoms with Crippen LogP contribution < -0.4 is 10.9 Å². The molecule has 2 aromatic carbocycles. The predicted molar refractivity (Wildman–Crippen MR) is 139 cm³/mol. The van der Waals surface area contributed by atoms with Crippen LogP contribution in [0.4, 0.5) is 0 Å². The molecule has 1 aromatic heterocycles. The van der Waals surface area contributed by atoms with Crippen molar-refractivity contribution in [3.8, 4) is 5.75 Å². The molecule has 5 N–H and O–H groups in total. The number of fused-ring (bicyclic) bond motifs is 1. The number of hydrogen-bond donors (Lipinski definition) is 5. The van der Waals surface area contributed by atoms with Gasteiger partial charge < -0.3 is 25.6 Å². The van der Waals surface area contributed by atoms with Gasteiger partial charge in [0.1, 0.15) is 5.75 Å². The first kappa shape index (κ1) is 27.4. The molecule has 0 aliphatic heterocycles. The van der Waals surface area contributed by atoms with Crippen LogP contribution in [-0.2, 0) is 17.6 Å². The number of phenolic OH excluding ortho intramolecular Hbond substituents is 1. The molecular weight excluding hydrogens is 452 g/mol. The van der Waals surface area contributed by atoms with Crippen LogP contribution in [0.1, 0.15) is 43.6 Å². The second-order valence-electron chi connectivity index (χ2n) is 8.49. The summed E-state index contributed by atoms with van der Waals surface area (Å²) in [4.78, 5) is 25.0. The molecule has 2 atom stereocenters. The number of aliphatic hydroxyl groups is 1. The maximum atomic E-state index is 11.5. The summed E-state index contributed by atoms with van der Waals surface area (Å²) in [7, 11) is 0. The van der Waals surface area contributed by atoms with Crippen LogP contribution in [0, 0.1) is 0 Å². The molecule has 0 radical (unpaired) electrons. The van der Waals surface area contributed by atoms with Crippen LogP contribution in [-0.4, -0.2) is 50.4 Å². The molecule has 1 heterocycles. The number of benzene rings is 2. The number of aromatic hydroxyl groups is 1. The van der Waals surface area contributed by atoms with Crippen LogP contribution >= 0.6 is 11.8 Å². The molecule has 2 unspecified atom stereocenters. The van der Waals surface area contributed by atoms with Crippen LogP contribution in [0.25, 0.3) is 10.9 Å². The Hall–Kier alpha value is -2.81. The van der Waals surface area contributed by atoms with Crippen molar-refractivity contribution in [3.05, 3.63) is 75.6 Å². The predicted octanol–water partition coefficient (Wildman–Crippen LogP) is 3.87. The summed E-state index contributed by atoms with van der Waals surface area (Å²) < 4.78 is 0. The molecular formula is C26H34N2O5S. The summed E-state index contributed by atoms with van der Waals surface area (Å²) in [6.07, 6.45) is 1.96. The number of aromatic amines is 1. The summed E-state index contributed by atoms with van der Waals surface area (Å²) in [5.74, 6) is -0.907. The normalized spacial score (nSPS) is 12.8. The average Bonchev–Trinajstić information content (AvgIpc) is 2.78. The summed E-state index contributed by atoms with van der Waals surface area (Å²) in [5.41, 5.74) is 2.36. The van der Waals surface area contributed by atoms with Gasteiger partial charge in [-0.3, -0.25) is 9.59 Å². The van der Waals surface area contributed by atoms with Crippen molar-refractivity contribution in [2.45, 2.75) is 51.0 Å². The van der Waals surface area contributed by atoms with E-state index in [1.165, 1.54) is 12.1 Å². The zero-order chi connectivity index (χ0) is 25.3. The number of carboxylic acid groups (broad SMARTS) is 1. The minimum Gasteiger partial charge on any atom is -0.506 e. The first-order valence-electron chi connectivity index (χ1n) is 11.2. The van der Waals surface area contributed by atoms with Gasteiger partial charge in [0, 0.05) is 24.0 Å². The lowest BCUT2D eigenvalue weighted by atomic mass is 10.0. The molecule has 7 nitrogen and oxygen atoms in total. The fourth-order valence-electron chi connectivity index (χ4n) is 3.44. The van der Waals surface area contributed by atoms with Gasteiger partial charge >= 0.3 is 5.97 Å². The van der Waals surface area contributed by atoms with E-state index >= 15 is 0 Å². The van der Waals surface area contributed by atoms with Crippen molar-refractivity contribution in [1.29, 1.82) is 0 Å². The van der Waals surface area contributed by atoms with Gasteiger partial charge in [-0.1, -0.05) is 44.2 Å². The molecule has 8 heteroatoms. The molecule has 0 aliphatic rings. The number of thioether (sulfide) groups is 1. The topological polar surface area (TPSA) is 123 Å². The molecule has 0 saturated heterocycles. The second-order valence-corrected chi connectivity index (χ2v) is 9.90. The van der Waals surface area contributed by atoms with Gasteiger partial charge in [-0.25, -0.2) is 0 Å². The standard InChI is InChI=1S/C22H24N2O5.C4H10S/c1-13(9-14-3-2-4-15(10-14)11-21(28)29)23-12-19(26)16-5-7-18(25)22-17(16)6-8-20(27)24-22;1-4(2)5-3/h2-8,10,13,19,23,25-26H,9,11-12H2,1H3,(H,24,27)(H,28,29);4H,1-3H3. The first-order chi connectivity index (χ1) is 16.1. The Kier molecular flexibility index (Phi) is 10.6. The number of rotatable bonds is 9. The summed E-state index contributed by atoms with van der Waals surface area (Å²) in [6.45, 7) is 6.65.